The van der Waals surface area contributed by atoms with Crippen LogP contribution in [-0.2, 0) is 18.9 Å². The van der Waals surface area contributed by atoms with E-state index in [9.17, 15) is 0 Å². The van der Waals surface area contributed by atoms with Crippen molar-refractivity contribution in [1.82, 2.24) is 5.32 Å². The number of ether oxygens (including phenoxy) is 4. The predicted octanol–water partition coefficient (Wildman–Crippen LogP) is 4.05. The molecule has 0 aliphatic heterocycles. The van der Waals surface area contributed by atoms with Crippen molar-refractivity contribution in [3.8, 4) is 0 Å². The highest BCUT2D eigenvalue weighted by Crippen LogP contribution is 2.20. The van der Waals surface area contributed by atoms with Crippen LogP contribution in [0.1, 0.15) is 67.2 Å². The van der Waals surface area contributed by atoms with E-state index in [1.165, 1.54) is 6.42 Å². The van der Waals surface area contributed by atoms with Crippen LogP contribution < -0.4 is 5.32 Å². The van der Waals surface area contributed by atoms with Gasteiger partial charge in [-0.2, -0.15) is 0 Å². The van der Waals surface area contributed by atoms with Crippen molar-refractivity contribution in [3.63, 3.8) is 0 Å². The third-order valence-corrected chi connectivity index (χ3v) is 3.69. The molecular formula is C21H45NO4. The molecule has 0 atom stereocenters. The molecule has 0 aromatic rings. The van der Waals surface area contributed by atoms with Crippen LogP contribution in [0.25, 0.3) is 0 Å². The lowest BCUT2D eigenvalue weighted by Gasteiger charge is -2.20. The van der Waals surface area contributed by atoms with Crippen molar-refractivity contribution in [2.45, 2.75) is 72.8 Å². The molecule has 0 spiro atoms. The first-order chi connectivity index (χ1) is 12.2. The van der Waals surface area contributed by atoms with Crippen molar-refractivity contribution in [3.05, 3.63) is 0 Å². The van der Waals surface area contributed by atoms with Crippen molar-refractivity contribution in [2.75, 3.05) is 59.4 Å². The van der Waals surface area contributed by atoms with Gasteiger partial charge in [0.1, 0.15) is 0 Å². The van der Waals surface area contributed by atoms with E-state index in [1.807, 2.05) is 0 Å². The molecular weight excluding hydrogens is 330 g/mol. The maximum Gasteiger partial charge on any atom is 0.0701 e. The van der Waals surface area contributed by atoms with Gasteiger partial charge in [-0.05, 0) is 51.9 Å². The van der Waals surface area contributed by atoms with Crippen molar-refractivity contribution < 1.29 is 18.9 Å². The minimum Gasteiger partial charge on any atom is -0.379 e. The van der Waals surface area contributed by atoms with E-state index in [1.54, 1.807) is 0 Å². The number of hydrogen-bond acceptors (Lipinski definition) is 5. The monoisotopic (exact) mass is 375 g/mol. The Balaban J connectivity index is 3.07. The quantitative estimate of drug-likeness (QED) is 0.389. The summed E-state index contributed by atoms with van der Waals surface area (Å²) < 4.78 is 22.2. The number of hydrogen-bond donors (Lipinski definition) is 1. The van der Waals surface area contributed by atoms with Crippen molar-refractivity contribution in [2.24, 2.45) is 5.41 Å². The molecule has 158 valence electrons. The highest BCUT2D eigenvalue weighted by atomic mass is 16.5. The Morgan fingerprint density at radius 1 is 0.538 bits per heavy atom. The second-order valence-corrected chi connectivity index (χ2v) is 9.00. The van der Waals surface area contributed by atoms with Gasteiger partial charge in [-0.3, -0.25) is 0 Å². The molecule has 5 heteroatoms. The van der Waals surface area contributed by atoms with Crippen LogP contribution in [0.5, 0.6) is 0 Å². The van der Waals surface area contributed by atoms with E-state index in [-0.39, 0.29) is 5.54 Å². The summed E-state index contributed by atoms with van der Waals surface area (Å²) in [6, 6.07) is 0. The average molecular weight is 376 g/mol. The second kappa shape index (κ2) is 15.8. The van der Waals surface area contributed by atoms with E-state index >= 15 is 0 Å². The summed E-state index contributed by atoms with van der Waals surface area (Å²) in [6.07, 6.45) is 4.38. The molecule has 0 heterocycles. The SMILES string of the molecule is CC(C)(C)CCCOCCOCCCCOCCOCCNC(C)(C)C. The first-order valence-electron chi connectivity index (χ1n) is 10.3. The number of unbranched alkanes of at least 4 members (excludes halogenated alkanes) is 1. The van der Waals surface area contributed by atoms with Crippen LogP contribution in [0.4, 0.5) is 0 Å². The fourth-order valence-electron chi connectivity index (χ4n) is 2.25. The highest BCUT2D eigenvalue weighted by molar-refractivity contribution is 4.69. The molecule has 1 N–H and O–H groups in total. The maximum absolute atomic E-state index is 5.58. The van der Waals surface area contributed by atoms with Crippen LogP contribution in [0.2, 0.25) is 0 Å². The van der Waals surface area contributed by atoms with E-state index < -0.39 is 0 Å². The fourth-order valence-corrected chi connectivity index (χ4v) is 2.25. The van der Waals surface area contributed by atoms with Gasteiger partial charge < -0.3 is 24.3 Å². The fraction of sp³-hybridized carbons (Fsp3) is 1.00. The summed E-state index contributed by atoms with van der Waals surface area (Å²) in [5.74, 6) is 0. The zero-order valence-electron chi connectivity index (χ0n) is 18.3. The molecule has 0 aliphatic carbocycles. The maximum atomic E-state index is 5.58. The second-order valence-electron chi connectivity index (χ2n) is 9.00. The van der Waals surface area contributed by atoms with Gasteiger partial charge in [0.2, 0.25) is 0 Å². The molecule has 26 heavy (non-hydrogen) atoms. The van der Waals surface area contributed by atoms with Crippen LogP contribution in [0.15, 0.2) is 0 Å². The summed E-state index contributed by atoms with van der Waals surface area (Å²) in [7, 11) is 0. The van der Waals surface area contributed by atoms with E-state index in [0.717, 1.165) is 52.2 Å². The Morgan fingerprint density at radius 2 is 0.962 bits per heavy atom. The lowest BCUT2D eigenvalue weighted by molar-refractivity contribution is 0.0322. The minimum absolute atomic E-state index is 0.153. The normalized spacial score (nSPS) is 12.7. The topological polar surface area (TPSA) is 49.0 Å². The first-order valence-corrected chi connectivity index (χ1v) is 10.3. The first kappa shape index (κ1) is 25.8. The molecule has 0 rings (SSSR count). The smallest absolute Gasteiger partial charge is 0.0701 e. The van der Waals surface area contributed by atoms with Crippen molar-refractivity contribution >= 4 is 0 Å². The van der Waals surface area contributed by atoms with Crippen molar-refractivity contribution in [1.29, 1.82) is 0 Å². The molecule has 5 nitrogen and oxygen atoms in total. The van der Waals surface area contributed by atoms with Crippen LogP contribution >= 0.6 is 0 Å². The third-order valence-electron chi connectivity index (χ3n) is 3.69. The molecule has 0 saturated carbocycles. The average Bonchev–Trinajstić information content (AvgIpc) is 2.51. The molecule has 0 aromatic carbocycles. The van der Waals surface area contributed by atoms with Gasteiger partial charge in [-0.1, -0.05) is 20.8 Å². The Labute approximate surface area is 162 Å². The Hall–Kier alpha value is -0.200. The zero-order chi connectivity index (χ0) is 19.7. The molecule has 0 unspecified atom stereocenters. The van der Waals surface area contributed by atoms with E-state index in [0.29, 0.717) is 31.8 Å². The summed E-state index contributed by atoms with van der Waals surface area (Å²) >= 11 is 0. The Morgan fingerprint density at radius 3 is 1.38 bits per heavy atom. The summed E-state index contributed by atoms with van der Waals surface area (Å²) in [4.78, 5) is 0. The summed E-state index contributed by atoms with van der Waals surface area (Å²) in [5.41, 5.74) is 0.553. The largest absolute Gasteiger partial charge is 0.379 e. The number of nitrogens with one attached hydrogen (secondary N) is 1. The standard InChI is InChI=1S/C21H45NO4/c1-20(2,3)10-9-14-25-17-16-23-12-7-8-13-24-18-19-26-15-11-22-21(4,5)6/h22H,7-19H2,1-6H3. The van der Waals surface area contributed by atoms with E-state index in [2.05, 4.69) is 46.9 Å². The van der Waals surface area contributed by atoms with Gasteiger partial charge in [0.15, 0.2) is 0 Å². The van der Waals surface area contributed by atoms with Crippen LogP contribution in [-0.4, -0.2) is 64.9 Å². The molecule has 0 bridgehead atoms. The molecule has 0 radical (unpaired) electrons. The van der Waals surface area contributed by atoms with E-state index in [4.69, 9.17) is 18.9 Å². The number of rotatable bonds is 17. The summed E-state index contributed by atoms with van der Waals surface area (Å²) in [6.45, 7) is 20.0. The van der Waals surface area contributed by atoms with Crippen LogP contribution in [0.3, 0.4) is 0 Å². The Kier molecular flexibility index (Phi) is 15.7. The van der Waals surface area contributed by atoms with Crippen LogP contribution in [0, 0.1) is 5.41 Å². The molecule has 0 aromatic heterocycles. The molecule has 0 fully saturated rings. The van der Waals surface area contributed by atoms with Gasteiger partial charge in [-0.15, -0.1) is 0 Å². The van der Waals surface area contributed by atoms with Gasteiger partial charge in [0.25, 0.3) is 0 Å². The summed E-state index contributed by atoms with van der Waals surface area (Å²) in [5, 5.41) is 3.39. The lowest BCUT2D eigenvalue weighted by Crippen LogP contribution is -2.38. The molecule has 0 saturated heterocycles. The predicted molar refractivity (Wildman–Crippen MR) is 109 cm³/mol. The lowest BCUT2D eigenvalue weighted by atomic mass is 9.91. The van der Waals surface area contributed by atoms with Gasteiger partial charge in [0, 0.05) is 31.9 Å². The third kappa shape index (κ3) is 23.8. The zero-order valence-corrected chi connectivity index (χ0v) is 18.3. The molecule has 0 amide bonds. The highest BCUT2D eigenvalue weighted by Gasteiger charge is 2.08. The van der Waals surface area contributed by atoms with Gasteiger partial charge in [-0.25, -0.2) is 0 Å². The Bertz CT molecular complexity index is 267. The van der Waals surface area contributed by atoms with Gasteiger partial charge in [0.05, 0.1) is 33.0 Å². The minimum atomic E-state index is 0.153. The van der Waals surface area contributed by atoms with Gasteiger partial charge >= 0.3 is 0 Å². The molecule has 0 aliphatic rings.